The monoisotopic (exact) mass is 379 g/mol. The molecule has 0 atom stereocenters. The third-order valence-electron chi connectivity index (χ3n) is 4.00. The van der Waals surface area contributed by atoms with Crippen LogP contribution >= 0.6 is 0 Å². The molecule has 0 aliphatic rings. The molecule has 0 fully saturated rings. The average Bonchev–Trinajstić information content (AvgIpc) is 2.74. The molecule has 0 unspecified atom stereocenters. The summed E-state index contributed by atoms with van der Waals surface area (Å²) in [7, 11) is 3.02. The molecule has 28 heavy (non-hydrogen) atoms. The average molecular weight is 379 g/mol. The molecule has 7 nitrogen and oxygen atoms in total. The van der Waals surface area contributed by atoms with Gasteiger partial charge in [0.05, 0.1) is 26.5 Å². The van der Waals surface area contributed by atoms with Crippen molar-refractivity contribution < 1.29 is 19.0 Å². The van der Waals surface area contributed by atoms with Crippen LogP contribution in [0.2, 0.25) is 0 Å². The Labute approximate surface area is 163 Å². The smallest absolute Gasteiger partial charge is 0.263 e. The van der Waals surface area contributed by atoms with Gasteiger partial charge in [-0.1, -0.05) is 18.2 Å². The van der Waals surface area contributed by atoms with Gasteiger partial charge in [-0.3, -0.25) is 4.79 Å². The SMILES string of the molecule is CCOc1ccc(-c2cccc(NC(=O)c3c(OC)cccc3OC)c2)nn1. The first-order chi connectivity index (χ1) is 13.7. The van der Waals surface area contributed by atoms with E-state index >= 15 is 0 Å². The van der Waals surface area contributed by atoms with Crippen molar-refractivity contribution in [3.05, 3.63) is 60.2 Å². The van der Waals surface area contributed by atoms with Crippen molar-refractivity contribution in [2.24, 2.45) is 0 Å². The number of anilines is 1. The maximum absolute atomic E-state index is 12.8. The molecule has 7 heteroatoms. The number of rotatable bonds is 7. The van der Waals surface area contributed by atoms with Crippen molar-refractivity contribution in [1.82, 2.24) is 10.2 Å². The maximum atomic E-state index is 12.8. The van der Waals surface area contributed by atoms with Crippen molar-refractivity contribution in [2.45, 2.75) is 6.92 Å². The van der Waals surface area contributed by atoms with Crippen LogP contribution in [-0.2, 0) is 0 Å². The second-order valence-corrected chi connectivity index (χ2v) is 5.76. The zero-order valence-corrected chi connectivity index (χ0v) is 15.9. The van der Waals surface area contributed by atoms with Gasteiger partial charge in [-0.05, 0) is 37.3 Å². The van der Waals surface area contributed by atoms with E-state index in [2.05, 4.69) is 15.5 Å². The molecule has 0 bridgehead atoms. The van der Waals surface area contributed by atoms with Crippen LogP contribution in [0.15, 0.2) is 54.6 Å². The van der Waals surface area contributed by atoms with Crippen molar-refractivity contribution in [1.29, 1.82) is 0 Å². The van der Waals surface area contributed by atoms with Gasteiger partial charge in [-0.25, -0.2) is 0 Å². The Morgan fingerprint density at radius 1 is 0.964 bits per heavy atom. The van der Waals surface area contributed by atoms with Gasteiger partial charge >= 0.3 is 0 Å². The summed E-state index contributed by atoms with van der Waals surface area (Å²) in [6.45, 7) is 2.42. The van der Waals surface area contributed by atoms with Gasteiger partial charge < -0.3 is 19.5 Å². The zero-order chi connectivity index (χ0) is 19.9. The number of nitrogens with zero attached hydrogens (tertiary/aromatic N) is 2. The van der Waals surface area contributed by atoms with Crippen molar-refractivity contribution >= 4 is 11.6 Å². The van der Waals surface area contributed by atoms with Gasteiger partial charge in [0, 0.05) is 17.3 Å². The molecule has 1 amide bonds. The van der Waals surface area contributed by atoms with E-state index in [0.717, 1.165) is 5.56 Å². The minimum atomic E-state index is -0.329. The van der Waals surface area contributed by atoms with Crippen molar-refractivity contribution in [3.8, 4) is 28.6 Å². The number of benzene rings is 2. The van der Waals surface area contributed by atoms with Crippen molar-refractivity contribution in [2.75, 3.05) is 26.1 Å². The van der Waals surface area contributed by atoms with Crippen LogP contribution in [0.5, 0.6) is 17.4 Å². The lowest BCUT2D eigenvalue weighted by Crippen LogP contribution is -2.14. The number of carbonyl (C=O) groups excluding carboxylic acids is 1. The number of hydrogen-bond acceptors (Lipinski definition) is 6. The fraction of sp³-hybridized carbons (Fsp3) is 0.190. The van der Waals surface area contributed by atoms with Gasteiger partial charge in [-0.15, -0.1) is 10.2 Å². The topological polar surface area (TPSA) is 82.6 Å². The van der Waals surface area contributed by atoms with Crippen LogP contribution in [0.25, 0.3) is 11.3 Å². The van der Waals surface area contributed by atoms with E-state index in [9.17, 15) is 4.79 Å². The Morgan fingerprint density at radius 3 is 2.29 bits per heavy atom. The molecule has 0 radical (unpaired) electrons. The third-order valence-corrected chi connectivity index (χ3v) is 4.00. The minimum absolute atomic E-state index is 0.329. The maximum Gasteiger partial charge on any atom is 0.263 e. The van der Waals surface area contributed by atoms with Gasteiger partial charge in [0.25, 0.3) is 5.91 Å². The van der Waals surface area contributed by atoms with Crippen LogP contribution in [0, 0.1) is 0 Å². The summed E-state index contributed by atoms with van der Waals surface area (Å²) in [5, 5.41) is 11.1. The van der Waals surface area contributed by atoms with E-state index in [1.807, 2.05) is 31.2 Å². The van der Waals surface area contributed by atoms with E-state index in [4.69, 9.17) is 14.2 Å². The molecular formula is C21H21N3O4. The molecule has 3 rings (SSSR count). The van der Waals surface area contributed by atoms with Gasteiger partial charge in [0.1, 0.15) is 17.1 Å². The molecule has 0 spiro atoms. The van der Waals surface area contributed by atoms with Crippen LogP contribution in [-0.4, -0.2) is 36.9 Å². The fourth-order valence-electron chi connectivity index (χ4n) is 2.72. The molecular weight excluding hydrogens is 358 g/mol. The summed E-state index contributed by atoms with van der Waals surface area (Å²) in [4.78, 5) is 12.8. The number of ether oxygens (including phenoxy) is 3. The molecule has 1 N–H and O–H groups in total. The fourth-order valence-corrected chi connectivity index (χ4v) is 2.72. The second-order valence-electron chi connectivity index (χ2n) is 5.76. The molecule has 144 valence electrons. The Morgan fingerprint density at radius 2 is 1.68 bits per heavy atom. The Bertz CT molecular complexity index is 936. The highest BCUT2D eigenvalue weighted by molar-refractivity contribution is 6.08. The van der Waals surface area contributed by atoms with Crippen LogP contribution in [0.4, 0.5) is 5.69 Å². The highest BCUT2D eigenvalue weighted by atomic mass is 16.5. The number of aromatic nitrogens is 2. The molecule has 0 saturated heterocycles. The van der Waals surface area contributed by atoms with Crippen LogP contribution < -0.4 is 19.5 Å². The Hall–Kier alpha value is -3.61. The van der Waals surface area contributed by atoms with Crippen molar-refractivity contribution in [3.63, 3.8) is 0 Å². The normalized spacial score (nSPS) is 10.2. The third kappa shape index (κ3) is 4.20. The first-order valence-corrected chi connectivity index (χ1v) is 8.75. The molecule has 0 aliphatic carbocycles. The standard InChI is InChI=1S/C21H21N3O4/c1-4-28-19-12-11-16(23-24-19)14-7-5-8-15(13-14)22-21(25)20-17(26-2)9-6-10-18(20)27-3/h5-13H,4H2,1-3H3,(H,22,25). The molecule has 2 aromatic carbocycles. The summed E-state index contributed by atoms with van der Waals surface area (Å²) in [5.74, 6) is 1.01. The predicted molar refractivity (Wildman–Crippen MR) is 106 cm³/mol. The largest absolute Gasteiger partial charge is 0.496 e. The lowest BCUT2D eigenvalue weighted by atomic mass is 10.1. The van der Waals surface area contributed by atoms with Crippen LogP contribution in [0.3, 0.4) is 0 Å². The molecule has 0 aliphatic heterocycles. The number of nitrogens with one attached hydrogen (secondary N) is 1. The summed E-state index contributed by atoms with van der Waals surface area (Å²) < 4.78 is 15.9. The lowest BCUT2D eigenvalue weighted by Gasteiger charge is -2.13. The summed E-state index contributed by atoms with van der Waals surface area (Å²) in [6, 6.07) is 16.1. The lowest BCUT2D eigenvalue weighted by molar-refractivity contribution is 0.102. The molecule has 1 aromatic heterocycles. The summed E-state index contributed by atoms with van der Waals surface area (Å²) in [6.07, 6.45) is 0. The van der Waals surface area contributed by atoms with Gasteiger partial charge in [0.2, 0.25) is 5.88 Å². The first-order valence-electron chi connectivity index (χ1n) is 8.75. The number of carbonyl (C=O) groups is 1. The zero-order valence-electron chi connectivity index (χ0n) is 15.9. The second kappa shape index (κ2) is 8.85. The molecule has 3 aromatic rings. The van der Waals surface area contributed by atoms with E-state index in [-0.39, 0.29) is 5.91 Å². The summed E-state index contributed by atoms with van der Waals surface area (Å²) in [5.41, 5.74) is 2.44. The number of hydrogen-bond donors (Lipinski definition) is 1. The predicted octanol–water partition coefficient (Wildman–Crippen LogP) is 3.81. The quantitative estimate of drug-likeness (QED) is 0.672. The van der Waals surface area contributed by atoms with E-state index < -0.39 is 0 Å². The highest BCUT2D eigenvalue weighted by Crippen LogP contribution is 2.29. The first kappa shape index (κ1) is 19.2. The molecule has 1 heterocycles. The highest BCUT2D eigenvalue weighted by Gasteiger charge is 2.18. The van der Waals surface area contributed by atoms with E-state index in [1.54, 1.807) is 30.3 Å². The molecule has 0 saturated carbocycles. The Balaban J connectivity index is 1.84. The van der Waals surface area contributed by atoms with Gasteiger partial charge in [0.15, 0.2) is 0 Å². The van der Waals surface area contributed by atoms with Crippen LogP contribution in [0.1, 0.15) is 17.3 Å². The minimum Gasteiger partial charge on any atom is -0.496 e. The number of amides is 1. The summed E-state index contributed by atoms with van der Waals surface area (Å²) >= 11 is 0. The number of methoxy groups -OCH3 is 2. The van der Waals surface area contributed by atoms with E-state index in [1.165, 1.54) is 14.2 Å². The van der Waals surface area contributed by atoms with Gasteiger partial charge in [-0.2, -0.15) is 0 Å². The van der Waals surface area contributed by atoms with E-state index in [0.29, 0.717) is 40.9 Å². The Kier molecular flexibility index (Phi) is 6.06.